The van der Waals surface area contributed by atoms with E-state index in [-0.39, 0.29) is 11.8 Å². The third-order valence-corrected chi connectivity index (χ3v) is 3.12. The predicted octanol–water partition coefficient (Wildman–Crippen LogP) is -0.0324. The van der Waals surface area contributed by atoms with Crippen molar-refractivity contribution < 1.29 is 9.90 Å². The van der Waals surface area contributed by atoms with E-state index >= 15 is 0 Å². The summed E-state index contributed by atoms with van der Waals surface area (Å²) in [6, 6.07) is 0. The molecule has 0 bridgehead atoms. The molecule has 1 aliphatic heterocycles. The van der Waals surface area contributed by atoms with Crippen molar-refractivity contribution in [2.24, 2.45) is 18.9 Å². The second-order valence-corrected chi connectivity index (χ2v) is 4.46. The molecule has 0 aromatic carbocycles. The average molecular weight is 224 g/mol. The Morgan fingerprint density at radius 2 is 2.38 bits per heavy atom. The zero-order valence-electron chi connectivity index (χ0n) is 9.50. The van der Waals surface area contributed by atoms with Gasteiger partial charge in [-0.15, -0.1) is 5.10 Å². The fourth-order valence-corrected chi connectivity index (χ4v) is 1.95. The van der Waals surface area contributed by atoms with Gasteiger partial charge in [0.05, 0.1) is 11.6 Å². The highest BCUT2D eigenvalue weighted by Crippen LogP contribution is 2.25. The summed E-state index contributed by atoms with van der Waals surface area (Å²) in [6.45, 7) is 4.21. The topological polar surface area (TPSA) is 71.2 Å². The molecule has 1 atom stereocenters. The van der Waals surface area contributed by atoms with Crippen molar-refractivity contribution in [1.29, 1.82) is 0 Å². The summed E-state index contributed by atoms with van der Waals surface area (Å²) in [4.78, 5) is 12.9. The molecule has 0 amide bonds. The molecule has 1 saturated heterocycles. The second kappa shape index (κ2) is 4.21. The van der Waals surface area contributed by atoms with Crippen LogP contribution in [0.25, 0.3) is 0 Å². The van der Waals surface area contributed by atoms with Crippen LogP contribution in [-0.4, -0.2) is 44.1 Å². The van der Waals surface area contributed by atoms with E-state index in [1.807, 2.05) is 13.2 Å². The number of aromatic nitrogens is 3. The zero-order chi connectivity index (χ0) is 11.7. The van der Waals surface area contributed by atoms with Crippen molar-refractivity contribution in [2.45, 2.75) is 13.5 Å². The van der Waals surface area contributed by atoms with E-state index < -0.39 is 5.97 Å². The molecule has 0 saturated carbocycles. The molecule has 1 N–H and O–H groups in total. The smallest absolute Gasteiger partial charge is 0.306 e. The Hall–Kier alpha value is -1.43. The van der Waals surface area contributed by atoms with E-state index in [9.17, 15) is 4.79 Å². The van der Waals surface area contributed by atoms with Gasteiger partial charge in [0, 0.05) is 32.9 Å². The lowest BCUT2D eigenvalue weighted by molar-refractivity contribution is -0.145. The van der Waals surface area contributed by atoms with Crippen molar-refractivity contribution in [3.05, 3.63) is 11.9 Å². The second-order valence-electron chi connectivity index (χ2n) is 4.46. The van der Waals surface area contributed by atoms with Crippen LogP contribution in [0.2, 0.25) is 0 Å². The largest absolute Gasteiger partial charge is 0.481 e. The maximum absolute atomic E-state index is 10.8. The molecule has 1 aliphatic rings. The summed E-state index contributed by atoms with van der Waals surface area (Å²) in [5.41, 5.74) is 0.934. The van der Waals surface area contributed by atoms with Gasteiger partial charge in [0.2, 0.25) is 0 Å². The fraction of sp³-hybridized carbons (Fsp3) is 0.700. The monoisotopic (exact) mass is 224 g/mol. The molecule has 2 rings (SSSR count). The van der Waals surface area contributed by atoms with Crippen molar-refractivity contribution in [1.82, 2.24) is 19.9 Å². The Balaban J connectivity index is 1.79. The lowest BCUT2D eigenvalue weighted by Gasteiger charge is -2.40. The quantitative estimate of drug-likeness (QED) is 0.777. The molecule has 0 aliphatic carbocycles. The third kappa shape index (κ3) is 2.21. The Labute approximate surface area is 93.9 Å². The van der Waals surface area contributed by atoms with Gasteiger partial charge < -0.3 is 5.11 Å². The number of hydrogen-bond donors (Lipinski definition) is 1. The molecule has 0 spiro atoms. The molecule has 1 aromatic heterocycles. The van der Waals surface area contributed by atoms with E-state index in [2.05, 4.69) is 15.2 Å². The van der Waals surface area contributed by atoms with Gasteiger partial charge in [-0.3, -0.25) is 14.4 Å². The molecule has 6 nitrogen and oxygen atoms in total. The van der Waals surface area contributed by atoms with Crippen LogP contribution in [0.4, 0.5) is 0 Å². The highest BCUT2D eigenvalue weighted by molar-refractivity contribution is 5.70. The number of carboxylic acid groups (broad SMARTS) is 1. The molecule has 6 heteroatoms. The number of carboxylic acids is 1. The molecule has 88 valence electrons. The molecular formula is C10H16N4O2. The average Bonchev–Trinajstić information content (AvgIpc) is 2.56. The van der Waals surface area contributed by atoms with Gasteiger partial charge in [0.1, 0.15) is 0 Å². The maximum Gasteiger partial charge on any atom is 0.306 e. The van der Waals surface area contributed by atoms with E-state index in [1.54, 1.807) is 11.6 Å². The number of rotatable bonds is 4. The minimum Gasteiger partial charge on any atom is -0.481 e. The van der Waals surface area contributed by atoms with Gasteiger partial charge in [-0.05, 0) is 5.92 Å². The summed E-state index contributed by atoms with van der Waals surface area (Å²) < 4.78 is 1.67. The Kier molecular flexibility index (Phi) is 2.91. The van der Waals surface area contributed by atoms with Gasteiger partial charge in [-0.1, -0.05) is 12.1 Å². The summed E-state index contributed by atoms with van der Waals surface area (Å²) in [5.74, 6) is -0.684. The summed E-state index contributed by atoms with van der Waals surface area (Å²) in [6.07, 6.45) is 1.88. The number of hydrogen-bond acceptors (Lipinski definition) is 4. The first-order valence-corrected chi connectivity index (χ1v) is 5.36. The first kappa shape index (κ1) is 11.1. The zero-order valence-corrected chi connectivity index (χ0v) is 9.50. The first-order valence-electron chi connectivity index (χ1n) is 5.36. The molecule has 1 unspecified atom stereocenters. The lowest BCUT2D eigenvalue weighted by atomic mass is 9.87. The van der Waals surface area contributed by atoms with E-state index in [0.29, 0.717) is 0 Å². The predicted molar refractivity (Wildman–Crippen MR) is 56.6 cm³/mol. The minimum absolute atomic E-state index is 0.252. The molecule has 0 radical (unpaired) electrons. The van der Waals surface area contributed by atoms with Crippen molar-refractivity contribution in [3.63, 3.8) is 0 Å². The van der Waals surface area contributed by atoms with Crippen LogP contribution in [0.15, 0.2) is 6.20 Å². The standard InChI is InChI=1S/C10H16N4O2/c1-7(10(15)16)8-3-14(4-8)6-9-5-13(2)12-11-9/h5,7-8H,3-4,6H2,1-2H3,(H,15,16). The van der Waals surface area contributed by atoms with Crippen LogP contribution >= 0.6 is 0 Å². The summed E-state index contributed by atoms with van der Waals surface area (Å²) >= 11 is 0. The van der Waals surface area contributed by atoms with Gasteiger partial charge in [-0.2, -0.15) is 0 Å². The first-order chi connectivity index (χ1) is 7.56. The third-order valence-electron chi connectivity index (χ3n) is 3.12. The molecule has 16 heavy (non-hydrogen) atoms. The van der Waals surface area contributed by atoms with Gasteiger partial charge in [0.15, 0.2) is 0 Å². The highest BCUT2D eigenvalue weighted by atomic mass is 16.4. The van der Waals surface area contributed by atoms with Crippen LogP contribution in [-0.2, 0) is 18.4 Å². The van der Waals surface area contributed by atoms with Crippen molar-refractivity contribution in [2.75, 3.05) is 13.1 Å². The van der Waals surface area contributed by atoms with E-state index in [4.69, 9.17) is 5.11 Å². The number of likely N-dealkylation sites (tertiary alicyclic amines) is 1. The van der Waals surface area contributed by atoms with Crippen molar-refractivity contribution in [3.8, 4) is 0 Å². The van der Waals surface area contributed by atoms with Crippen LogP contribution in [0, 0.1) is 11.8 Å². The van der Waals surface area contributed by atoms with E-state index in [0.717, 1.165) is 25.3 Å². The number of carbonyl (C=O) groups is 1. The highest BCUT2D eigenvalue weighted by Gasteiger charge is 2.34. The van der Waals surface area contributed by atoms with E-state index in [1.165, 1.54) is 0 Å². The van der Waals surface area contributed by atoms with Gasteiger partial charge in [-0.25, -0.2) is 0 Å². The summed E-state index contributed by atoms with van der Waals surface area (Å²) in [7, 11) is 1.84. The normalized spacial score (nSPS) is 19.4. The van der Waals surface area contributed by atoms with Crippen LogP contribution in [0.3, 0.4) is 0 Å². The molecule has 2 heterocycles. The van der Waals surface area contributed by atoms with Crippen LogP contribution in [0.1, 0.15) is 12.6 Å². The number of nitrogens with zero attached hydrogens (tertiary/aromatic N) is 4. The summed E-state index contributed by atoms with van der Waals surface area (Å²) in [5, 5.41) is 16.7. The fourth-order valence-electron chi connectivity index (χ4n) is 1.95. The van der Waals surface area contributed by atoms with Gasteiger partial charge in [0.25, 0.3) is 0 Å². The Morgan fingerprint density at radius 3 is 2.88 bits per heavy atom. The molecular weight excluding hydrogens is 208 g/mol. The van der Waals surface area contributed by atoms with Crippen LogP contribution in [0.5, 0.6) is 0 Å². The number of aryl methyl sites for hydroxylation is 1. The maximum atomic E-state index is 10.8. The Bertz CT molecular complexity index is 384. The number of aliphatic carboxylic acids is 1. The Morgan fingerprint density at radius 1 is 1.69 bits per heavy atom. The van der Waals surface area contributed by atoms with Gasteiger partial charge >= 0.3 is 5.97 Å². The van der Waals surface area contributed by atoms with Crippen molar-refractivity contribution >= 4 is 5.97 Å². The molecule has 1 fully saturated rings. The molecule has 1 aromatic rings. The SMILES string of the molecule is CC(C(=O)O)C1CN(Cc2cn(C)nn2)C1. The van der Waals surface area contributed by atoms with Crippen LogP contribution < -0.4 is 0 Å². The minimum atomic E-state index is -0.704. The lowest BCUT2D eigenvalue weighted by Crippen LogP contribution is -2.50.